The molecule has 8 heteroatoms. The van der Waals surface area contributed by atoms with Crippen LogP contribution in [0.4, 0.5) is 5.95 Å². The molecular formula is C17H18IN7. The smallest absolute Gasteiger partial charge is 0.212 e. The molecule has 0 saturated carbocycles. The fourth-order valence-electron chi connectivity index (χ4n) is 4.36. The van der Waals surface area contributed by atoms with Crippen molar-refractivity contribution in [3.63, 3.8) is 0 Å². The van der Waals surface area contributed by atoms with Gasteiger partial charge in [-0.05, 0) is 64.5 Å². The van der Waals surface area contributed by atoms with Crippen molar-refractivity contribution in [3.05, 3.63) is 45.7 Å². The summed E-state index contributed by atoms with van der Waals surface area (Å²) in [7, 11) is 0. The first-order valence-corrected chi connectivity index (χ1v) is 9.53. The highest BCUT2D eigenvalue weighted by molar-refractivity contribution is 14.1. The molecule has 0 amide bonds. The molecule has 0 bridgehead atoms. The predicted molar refractivity (Wildman–Crippen MR) is 102 cm³/mol. The molecule has 0 aromatic carbocycles. The quantitative estimate of drug-likeness (QED) is 0.575. The number of anilines is 1. The van der Waals surface area contributed by atoms with E-state index in [1.807, 2.05) is 23.0 Å². The van der Waals surface area contributed by atoms with Crippen LogP contribution >= 0.6 is 22.6 Å². The van der Waals surface area contributed by atoms with E-state index >= 15 is 0 Å². The van der Waals surface area contributed by atoms with Crippen molar-refractivity contribution >= 4 is 34.2 Å². The Kier molecular flexibility index (Phi) is 3.46. The number of nitrogens with zero attached hydrogens (tertiary/aromatic N) is 6. The second kappa shape index (κ2) is 5.60. The Balaban J connectivity index is 1.42. The van der Waals surface area contributed by atoms with Crippen LogP contribution in [-0.4, -0.2) is 37.7 Å². The normalized spacial score (nSPS) is 21.8. The van der Waals surface area contributed by atoms with Gasteiger partial charge in [-0.25, -0.2) is 4.98 Å². The number of nitrogens with two attached hydrogens (primary N) is 1. The van der Waals surface area contributed by atoms with Gasteiger partial charge >= 0.3 is 0 Å². The average Bonchev–Trinajstić information content (AvgIpc) is 3.22. The second-order valence-corrected chi connectivity index (χ2v) is 8.17. The molecule has 1 saturated heterocycles. The van der Waals surface area contributed by atoms with Crippen LogP contribution in [0.5, 0.6) is 0 Å². The van der Waals surface area contributed by atoms with E-state index in [1.54, 1.807) is 6.33 Å². The molecule has 1 aliphatic heterocycles. The summed E-state index contributed by atoms with van der Waals surface area (Å²) in [5.74, 6) is 0.918. The lowest BCUT2D eigenvalue weighted by atomic mass is 9.73. The third-order valence-electron chi connectivity index (χ3n) is 5.79. The number of aromatic nitrogens is 5. The summed E-state index contributed by atoms with van der Waals surface area (Å²) < 4.78 is 2.99. The Labute approximate surface area is 158 Å². The van der Waals surface area contributed by atoms with Crippen LogP contribution < -0.4 is 10.6 Å². The topological polar surface area (TPSA) is 85.2 Å². The summed E-state index contributed by atoms with van der Waals surface area (Å²) in [5.41, 5.74) is 10.3. The minimum atomic E-state index is 0.104. The van der Waals surface area contributed by atoms with Crippen molar-refractivity contribution in [3.8, 4) is 0 Å². The molecule has 2 N–H and O–H groups in total. The largest absolute Gasteiger partial charge is 0.342 e. The van der Waals surface area contributed by atoms with Crippen molar-refractivity contribution in [2.24, 2.45) is 11.1 Å². The summed E-state index contributed by atoms with van der Waals surface area (Å²) in [6.07, 6.45) is 10.6. The third-order valence-corrected chi connectivity index (χ3v) is 6.55. The first-order valence-electron chi connectivity index (χ1n) is 8.45. The van der Waals surface area contributed by atoms with Crippen molar-refractivity contribution in [2.45, 2.75) is 25.3 Å². The Bertz CT molecular complexity index is 945. The number of hydrogen-bond donors (Lipinski definition) is 1. The van der Waals surface area contributed by atoms with Crippen LogP contribution in [0.15, 0.2) is 31.0 Å². The molecule has 7 nitrogen and oxygen atoms in total. The minimum absolute atomic E-state index is 0.104. The number of piperidine rings is 1. The molecular weight excluding hydrogens is 429 g/mol. The molecule has 4 heterocycles. The van der Waals surface area contributed by atoms with Crippen molar-refractivity contribution in [2.75, 3.05) is 18.0 Å². The zero-order chi connectivity index (χ0) is 17.0. The SMILES string of the molecule is N[C@@H]1c2ccncc2CC12CCN(c1ncc(I)c3nncn13)CC2. The Morgan fingerprint density at radius 3 is 2.88 bits per heavy atom. The molecule has 3 aromatic rings. The van der Waals surface area contributed by atoms with Gasteiger partial charge in [0.2, 0.25) is 5.95 Å². The molecule has 0 unspecified atom stereocenters. The van der Waals surface area contributed by atoms with E-state index in [9.17, 15) is 0 Å². The number of rotatable bonds is 1. The Morgan fingerprint density at radius 1 is 1.24 bits per heavy atom. The molecule has 0 radical (unpaired) electrons. The maximum Gasteiger partial charge on any atom is 0.212 e. The molecule has 1 fully saturated rings. The summed E-state index contributed by atoms with van der Waals surface area (Å²) >= 11 is 2.24. The molecule has 3 aromatic heterocycles. The van der Waals surface area contributed by atoms with Gasteiger partial charge in [0.05, 0.1) is 3.57 Å². The van der Waals surface area contributed by atoms with Gasteiger partial charge < -0.3 is 10.6 Å². The molecule has 1 atom stereocenters. The second-order valence-electron chi connectivity index (χ2n) is 7.01. The molecule has 2 aliphatic rings. The van der Waals surface area contributed by atoms with Gasteiger partial charge in [0.1, 0.15) is 6.33 Å². The van der Waals surface area contributed by atoms with Gasteiger partial charge in [0.15, 0.2) is 5.65 Å². The van der Waals surface area contributed by atoms with Crippen LogP contribution in [0.1, 0.15) is 30.0 Å². The summed E-state index contributed by atoms with van der Waals surface area (Å²) in [5, 5.41) is 8.24. The van der Waals surface area contributed by atoms with E-state index in [0.29, 0.717) is 0 Å². The lowest BCUT2D eigenvalue weighted by Crippen LogP contribution is -2.45. The zero-order valence-corrected chi connectivity index (χ0v) is 15.8. The van der Waals surface area contributed by atoms with E-state index < -0.39 is 0 Å². The Morgan fingerprint density at radius 2 is 2.08 bits per heavy atom. The summed E-state index contributed by atoms with van der Waals surface area (Å²) in [4.78, 5) is 11.2. The van der Waals surface area contributed by atoms with Crippen LogP contribution in [0.2, 0.25) is 0 Å². The van der Waals surface area contributed by atoms with E-state index in [0.717, 1.165) is 47.5 Å². The van der Waals surface area contributed by atoms with E-state index in [1.165, 1.54) is 11.1 Å². The first kappa shape index (κ1) is 15.4. The summed E-state index contributed by atoms with van der Waals surface area (Å²) in [6, 6.07) is 2.19. The van der Waals surface area contributed by atoms with E-state index in [-0.39, 0.29) is 11.5 Å². The van der Waals surface area contributed by atoms with E-state index in [4.69, 9.17) is 5.73 Å². The average molecular weight is 447 g/mol. The highest BCUT2D eigenvalue weighted by Gasteiger charge is 2.46. The zero-order valence-electron chi connectivity index (χ0n) is 13.6. The minimum Gasteiger partial charge on any atom is -0.342 e. The van der Waals surface area contributed by atoms with Gasteiger partial charge in [0, 0.05) is 37.7 Å². The number of hydrogen-bond acceptors (Lipinski definition) is 6. The van der Waals surface area contributed by atoms with Crippen molar-refractivity contribution in [1.29, 1.82) is 0 Å². The van der Waals surface area contributed by atoms with E-state index in [2.05, 4.69) is 53.7 Å². The lowest BCUT2D eigenvalue weighted by molar-refractivity contribution is 0.186. The summed E-state index contributed by atoms with van der Waals surface area (Å²) in [6.45, 7) is 1.88. The highest BCUT2D eigenvalue weighted by atomic mass is 127. The Hall–Kier alpha value is -1.81. The molecule has 25 heavy (non-hydrogen) atoms. The highest BCUT2D eigenvalue weighted by Crippen LogP contribution is 2.50. The molecule has 1 aliphatic carbocycles. The van der Waals surface area contributed by atoms with Gasteiger partial charge in [-0.3, -0.25) is 9.38 Å². The standard InChI is InChI=1S/C17H18IN7/c18-13-9-21-16(25-10-22-23-15(13)25)24-5-2-17(3-6-24)7-11-8-20-4-1-12(11)14(17)19/h1,4,8-10,14H,2-3,5-7,19H2/t14-/m1/s1. The maximum atomic E-state index is 6.65. The number of pyridine rings is 1. The molecule has 1 spiro atoms. The fourth-order valence-corrected chi connectivity index (χ4v) is 4.87. The van der Waals surface area contributed by atoms with Gasteiger partial charge in [-0.15, -0.1) is 10.2 Å². The molecule has 128 valence electrons. The van der Waals surface area contributed by atoms with Gasteiger partial charge in [-0.1, -0.05) is 0 Å². The predicted octanol–water partition coefficient (Wildman–Crippen LogP) is 1.97. The third kappa shape index (κ3) is 2.27. The number of halogens is 1. The van der Waals surface area contributed by atoms with Crippen LogP contribution in [-0.2, 0) is 6.42 Å². The maximum absolute atomic E-state index is 6.65. The lowest BCUT2D eigenvalue weighted by Gasteiger charge is -2.42. The van der Waals surface area contributed by atoms with Crippen LogP contribution in [0.3, 0.4) is 0 Å². The fraction of sp³-hybridized carbons (Fsp3) is 0.412. The van der Waals surface area contributed by atoms with Crippen LogP contribution in [0, 0.1) is 8.99 Å². The molecule has 5 rings (SSSR count). The van der Waals surface area contributed by atoms with Crippen molar-refractivity contribution < 1.29 is 0 Å². The van der Waals surface area contributed by atoms with Crippen LogP contribution in [0.25, 0.3) is 5.65 Å². The van der Waals surface area contributed by atoms with Crippen molar-refractivity contribution in [1.82, 2.24) is 24.6 Å². The first-order chi connectivity index (χ1) is 12.2. The van der Waals surface area contributed by atoms with Gasteiger partial charge in [-0.2, -0.15) is 0 Å². The monoisotopic (exact) mass is 447 g/mol. The van der Waals surface area contributed by atoms with Gasteiger partial charge in [0.25, 0.3) is 0 Å². The number of fused-ring (bicyclic) bond motifs is 2.